The Balaban J connectivity index is 2.35. The molecule has 0 saturated heterocycles. The molecule has 4 nitrogen and oxygen atoms in total. The first kappa shape index (κ1) is 10.2. The second-order valence-electron chi connectivity index (χ2n) is 3.35. The van der Waals surface area contributed by atoms with Crippen LogP contribution in [0.3, 0.4) is 0 Å². The van der Waals surface area contributed by atoms with Gasteiger partial charge in [0, 0.05) is 23.7 Å². The Kier molecular flexibility index (Phi) is 2.55. The van der Waals surface area contributed by atoms with Crippen LogP contribution >= 0.6 is 0 Å². The minimum Gasteiger partial charge on any atom is -0.399 e. The molecule has 0 saturated carbocycles. The molecular formula is C12H12N4. The van der Waals surface area contributed by atoms with Gasteiger partial charge in [-0.3, -0.25) is 0 Å². The van der Waals surface area contributed by atoms with Crippen LogP contribution in [0.25, 0.3) is 17.6 Å². The van der Waals surface area contributed by atoms with E-state index < -0.39 is 0 Å². The van der Waals surface area contributed by atoms with Crippen LogP contribution < -0.4 is 5.73 Å². The summed E-state index contributed by atoms with van der Waals surface area (Å²) in [4.78, 5) is 4.25. The van der Waals surface area contributed by atoms with Gasteiger partial charge >= 0.3 is 0 Å². The van der Waals surface area contributed by atoms with E-state index in [0.29, 0.717) is 5.70 Å². The SMILES string of the molecule is C=Cc1ccc(-n2cc(C(=C)N)cn2)nc1. The third-order valence-corrected chi connectivity index (χ3v) is 2.19. The Morgan fingerprint density at radius 3 is 2.69 bits per heavy atom. The van der Waals surface area contributed by atoms with Gasteiger partial charge in [0.1, 0.15) is 0 Å². The summed E-state index contributed by atoms with van der Waals surface area (Å²) in [6, 6.07) is 3.79. The van der Waals surface area contributed by atoms with Crippen molar-refractivity contribution in [1.29, 1.82) is 0 Å². The summed E-state index contributed by atoms with van der Waals surface area (Å²) in [5.74, 6) is 0.734. The second kappa shape index (κ2) is 4.02. The van der Waals surface area contributed by atoms with Crippen molar-refractivity contribution in [3.05, 3.63) is 55.0 Å². The molecule has 0 aliphatic carbocycles. The summed E-state index contributed by atoms with van der Waals surface area (Å²) < 4.78 is 1.65. The van der Waals surface area contributed by atoms with E-state index in [9.17, 15) is 0 Å². The molecule has 2 aromatic heterocycles. The lowest BCUT2D eigenvalue weighted by molar-refractivity contribution is 0.846. The van der Waals surface area contributed by atoms with Crippen LogP contribution in [-0.2, 0) is 0 Å². The van der Waals surface area contributed by atoms with Crippen LogP contribution in [-0.4, -0.2) is 14.8 Å². The average molecular weight is 212 g/mol. The van der Waals surface area contributed by atoms with E-state index in [1.165, 1.54) is 0 Å². The molecule has 0 bridgehead atoms. The molecule has 0 aliphatic rings. The molecule has 4 heteroatoms. The normalized spacial score (nSPS) is 10.0. The van der Waals surface area contributed by atoms with Gasteiger partial charge in [-0.2, -0.15) is 5.10 Å². The molecule has 0 amide bonds. The third kappa shape index (κ3) is 1.86. The summed E-state index contributed by atoms with van der Waals surface area (Å²) in [5.41, 5.74) is 7.84. The predicted octanol–water partition coefficient (Wildman–Crippen LogP) is 1.84. The predicted molar refractivity (Wildman–Crippen MR) is 64.7 cm³/mol. The summed E-state index contributed by atoms with van der Waals surface area (Å²) in [7, 11) is 0. The summed E-state index contributed by atoms with van der Waals surface area (Å²) >= 11 is 0. The van der Waals surface area contributed by atoms with E-state index >= 15 is 0 Å². The van der Waals surface area contributed by atoms with Gasteiger partial charge in [0.05, 0.1) is 6.20 Å². The quantitative estimate of drug-likeness (QED) is 0.844. The van der Waals surface area contributed by atoms with Crippen molar-refractivity contribution < 1.29 is 0 Å². The van der Waals surface area contributed by atoms with Gasteiger partial charge in [-0.15, -0.1) is 0 Å². The Hall–Kier alpha value is -2.36. The number of nitrogens with zero attached hydrogens (tertiary/aromatic N) is 3. The van der Waals surface area contributed by atoms with E-state index in [4.69, 9.17) is 5.73 Å². The highest BCUT2D eigenvalue weighted by atomic mass is 15.3. The maximum atomic E-state index is 5.57. The first-order valence-electron chi connectivity index (χ1n) is 4.79. The van der Waals surface area contributed by atoms with Crippen molar-refractivity contribution in [2.45, 2.75) is 0 Å². The summed E-state index contributed by atoms with van der Waals surface area (Å²) in [5, 5.41) is 4.15. The fraction of sp³-hybridized carbons (Fsp3) is 0. The molecule has 16 heavy (non-hydrogen) atoms. The van der Waals surface area contributed by atoms with Gasteiger partial charge in [-0.25, -0.2) is 9.67 Å². The molecule has 0 aliphatic heterocycles. The Labute approximate surface area is 93.7 Å². The number of hydrogen-bond donors (Lipinski definition) is 1. The van der Waals surface area contributed by atoms with Crippen molar-refractivity contribution in [2.75, 3.05) is 0 Å². The Bertz CT molecular complexity index is 522. The van der Waals surface area contributed by atoms with Gasteiger partial charge < -0.3 is 5.73 Å². The van der Waals surface area contributed by atoms with Crippen LogP contribution in [0.2, 0.25) is 0 Å². The van der Waals surface area contributed by atoms with Crippen LogP contribution in [0.5, 0.6) is 0 Å². The number of nitrogens with two attached hydrogens (primary N) is 1. The van der Waals surface area contributed by atoms with Gasteiger partial charge in [0.25, 0.3) is 0 Å². The van der Waals surface area contributed by atoms with Crippen molar-refractivity contribution in [1.82, 2.24) is 14.8 Å². The molecule has 2 heterocycles. The first-order chi connectivity index (χ1) is 7.70. The van der Waals surface area contributed by atoms with E-state index in [-0.39, 0.29) is 0 Å². The van der Waals surface area contributed by atoms with Gasteiger partial charge in [-0.05, 0) is 17.7 Å². The van der Waals surface area contributed by atoms with Crippen molar-refractivity contribution in [3.8, 4) is 5.82 Å². The molecule has 0 radical (unpaired) electrons. The van der Waals surface area contributed by atoms with Crippen molar-refractivity contribution >= 4 is 11.8 Å². The lowest BCUT2D eigenvalue weighted by atomic mass is 10.3. The highest BCUT2D eigenvalue weighted by Crippen LogP contribution is 2.10. The monoisotopic (exact) mass is 212 g/mol. The zero-order chi connectivity index (χ0) is 11.5. The van der Waals surface area contributed by atoms with E-state index in [2.05, 4.69) is 23.2 Å². The van der Waals surface area contributed by atoms with Crippen LogP contribution in [0.4, 0.5) is 0 Å². The fourth-order valence-corrected chi connectivity index (χ4v) is 1.27. The minimum atomic E-state index is 0.494. The number of pyridine rings is 1. The summed E-state index contributed by atoms with van der Waals surface area (Å²) in [6.07, 6.45) is 6.93. The Morgan fingerprint density at radius 2 is 2.19 bits per heavy atom. The topological polar surface area (TPSA) is 56.7 Å². The molecule has 0 fully saturated rings. The maximum Gasteiger partial charge on any atom is 0.153 e. The minimum absolute atomic E-state index is 0.494. The highest BCUT2D eigenvalue weighted by Gasteiger charge is 2.02. The molecule has 0 unspecified atom stereocenters. The largest absolute Gasteiger partial charge is 0.399 e. The number of rotatable bonds is 3. The second-order valence-corrected chi connectivity index (χ2v) is 3.35. The van der Waals surface area contributed by atoms with Crippen molar-refractivity contribution in [3.63, 3.8) is 0 Å². The van der Waals surface area contributed by atoms with E-state index in [1.54, 1.807) is 29.3 Å². The standard InChI is InChI=1S/C12H12N4/c1-3-10-4-5-12(14-6-10)16-8-11(7-15-16)9(2)13/h3-8H,1-2,13H2. The molecule has 2 aromatic rings. The van der Waals surface area contributed by atoms with Crippen LogP contribution in [0.15, 0.2) is 43.9 Å². The zero-order valence-corrected chi connectivity index (χ0v) is 8.80. The molecule has 0 spiro atoms. The Morgan fingerprint density at radius 1 is 1.38 bits per heavy atom. The van der Waals surface area contributed by atoms with Crippen LogP contribution in [0.1, 0.15) is 11.1 Å². The molecule has 0 aromatic carbocycles. The maximum absolute atomic E-state index is 5.57. The van der Waals surface area contributed by atoms with Crippen molar-refractivity contribution in [2.24, 2.45) is 5.73 Å². The van der Waals surface area contributed by atoms with E-state index in [1.807, 2.05) is 12.1 Å². The molecule has 0 atom stereocenters. The zero-order valence-electron chi connectivity index (χ0n) is 8.80. The number of aromatic nitrogens is 3. The van der Waals surface area contributed by atoms with Crippen LogP contribution in [0, 0.1) is 0 Å². The fourth-order valence-electron chi connectivity index (χ4n) is 1.27. The molecule has 2 rings (SSSR count). The van der Waals surface area contributed by atoms with Gasteiger partial charge in [0.2, 0.25) is 0 Å². The first-order valence-corrected chi connectivity index (χ1v) is 4.79. The summed E-state index contributed by atoms with van der Waals surface area (Å²) in [6.45, 7) is 7.32. The third-order valence-electron chi connectivity index (χ3n) is 2.19. The van der Waals surface area contributed by atoms with Gasteiger partial charge in [0.15, 0.2) is 5.82 Å². The lowest BCUT2D eigenvalue weighted by Gasteiger charge is -1.99. The lowest BCUT2D eigenvalue weighted by Crippen LogP contribution is -1.97. The number of hydrogen-bond acceptors (Lipinski definition) is 3. The molecule has 80 valence electrons. The van der Waals surface area contributed by atoms with E-state index in [0.717, 1.165) is 16.9 Å². The molecule has 2 N–H and O–H groups in total. The highest BCUT2D eigenvalue weighted by molar-refractivity contribution is 5.58. The average Bonchev–Trinajstić information content (AvgIpc) is 2.78. The molecular weight excluding hydrogens is 200 g/mol. The van der Waals surface area contributed by atoms with Gasteiger partial charge in [-0.1, -0.05) is 19.2 Å². The smallest absolute Gasteiger partial charge is 0.153 e.